The van der Waals surface area contributed by atoms with E-state index in [1.807, 2.05) is 36.7 Å². The summed E-state index contributed by atoms with van der Waals surface area (Å²) in [4.78, 5) is 11.2. The van der Waals surface area contributed by atoms with E-state index in [0.717, 1.165) is 43.3 Å². The standard InChI is InChI=1S/C18H24N4O/c1-14(23)17-6-4-15(5-7-17)10-19-11-16-12-20-18(21-13-16)22-8-2-3-9-22/h4-7,12-14,19,23H,2-3,8-11H2,1H3/t14-/m1/s1. The van der Waals surface area contributed by atoms with Crippen molar-refractivity contribution in [1.29, 1.82) is 0 Å². The van der Waals surface area contributed by atoms with E-state index in [0.29, 0.717) is 0 Å². The van der Waals surface area contributed by atoms with Crippen LogP contribution in [0.25, 0.3) is 0 Å². The highest BCUT2D eigenvalue weighted by Crippen LogP contribution is 2.15. The Bertz CT molecular complexity index is 604. The van der Waals surface area contributed by atoms with E-state index in [-0.39, 0.29) is 0 Å². The van der Waals surface area contributed by atoms with Crippen molar-refractivity contribution < 1.29 is 5.11 Å². The van der Waals surface area contributed by atoms with Gasteiger partial charge in [-0.2, -0.15) is 0 Å². The average molecular weight is 312 g/mol. The molecule has 5 nitrogen and oxygen atoms in total. The minimum absolute atomic E-state index is 0.414. The highest BCUT2D eigenvalue weighted by atomic mass is 16.3. The molecule has 3 rings (SSSR count). The molecule has 0 spiro atoms. The fraction of sp³-hybridized carbons (Fsp3) is 0.444. The second-order valence-electron chi connectivity index (χ2n) is 6.11. The fourth-order valence-electron chi connectivity index (χ4n) is 2.78. The smallest absolute Gasteiger partial charge is 0.225 e. The number of anilines is 1. The van der Waals surface area contributed by atoms with Crippen molar-refractivity contribution in [3.05, 3.63) is 53.3 Å². The van der Waals surface area contributed by atoms with Crippen molar-refractivity contribution in [1.82, 2.24) is 15.3 Å². The molecule has 0 aliphatic carbocycles. The number of aromatic nitrogens is 2. The van der Waals surface area contributed by atoms with Crippen molar-refractivity contribution >= 4 is 5.95 Å². The summed E-state index contributed by atoms with van der Waals surface area (Å²) in [5.74, 6) is 0.847. The van der Waals surface area contributed by atoms with Crippen molar-refractivity contribution in [2.24, 2.45) is 0 Å². The molecule has 5 heteroatoms. The molecule has 1 aliphatic heterocycles. The van der Waals surface area contributed by atoms with Gasteiger partial charge in [0.2, 0.25) is 5.95 Å². The van der Waals surface area contributed by atoms with Gasteiger partial charge in [-0.3, -0.25) is 0 Å². The molecule has 2 N–H and O–H groups in total. The normalized spacial score (nSPS) is 15.8. The molecule has 1 atom stereocenters. The van der Waals surface area contributed by atoms with Crippen LogP contribution in [-0.2, 0) is 13.1 Å². The summed E-state index contributed by atoms with van der Waals surface area (Å²) in [6.45, 7) is 5.45. The van der Waals surface area contributed by atoms with Gasteiger partial charge < -0.3 is 15.3 Å². The van der Waals surface area contributed by atoms with Gasteiger partial charge >= 0.3 is 0 Å². The first-order valence-corrected chi connectivity index (χ1v) is 8.26. The Hall–Kier alpha value is -1.98. The summed E-state index contributed by atoms with van der Waals surface area (Å²) >= 11 is 0. The number of rotatable bonds is 6. The maximum Gasteiger partial charge on any atom is 0.225 e. The van der Waals surface area contributed by atoms with Crippen LogP contribution in [0.5, 0.6) is 0 Å². The van der Waals surface area contributed by atoms with E-state index in [4.69, 9.17) is 0 Å². The number of hydrogen-bond acceptors (Lipinski definition) is 5. The SMILES string of the molecule is C[C@@H](O)c1ccc(CNCc2cnc(N3CCCC3)nc2)cc1. The predicted octanol–water partition coefficient (Wildman–Crippen LogP) is 2.42. The Morgan fingerprint density at radius 1 is 1.04 bits per heavy atom. The maximum atomic E-state index is 9.51. The molecule has 1 saturated heterocycles. The van der Waals surface area contributed by atoms with Gasteiger partial charge in [-0.15, -0.1) is 0 Å². The molecule has 0 saturated carbocycles. The molecule has 2 aromatic rings. The zero-order valence-electron chi connectivity index (χ0n) is 13.6. The largest absolute Gasteiger partial charge is 0.389 e. The van der Waals surface area contributed by atoms with Crippen LogP contribution in [0, 0.1) is 0 Å². The molecule has 1 aromatic carbocycles. The van der Waals surface area contributed by atoms with Gasteiger partial charge in [-0.1, -0.05) is 24.3 Å². The van der Waals surface area contributed by atoms with Crippen LogP contribution in [-0.4, -0.2) is 28.2 Å². The number of nitrogens with one attached hydrogen (secondary N) is 1. The summed E-state index contributed by atoms with van der Waals surface area (Å²) in [6.07, 6.45) is 5.87. The van der Waals surface area contributed by atoms with E-state index in [1.165, 1.54) is 18.4 Å². The Kier molecular flexibility index (Phi) is 5.20. The minimum atomic E-state index is -0.414. The summed E-state index contributed by atoms with van der Waals surface area (Å²) in [7, 11) is 0. The quantitative estimate of drug-likeness (QED) is 0.858. The van der Waals surface area contributed by atoms with E-state index in [1.54, 1.807) is 6.92 Å². The molecule has 1 aliphatic rings. The lowest BCUT2D eigenvalue weighted by molar-refractivity contribution is 0.199. The van der Waals surface area contributed by atoms with Gasteiger partial charge in [0.05, 0.1) is 6.10 Å². The van der Waals surface area contributed by atoms with Crippen LogP contribution in [0.15, 0.2) is 36.7 Å². The van der Waals surface area contributed by atoms with E-state index in [9.17, 15) is 5.11 Å². The average Bonchev–Trinajstić information content (AvgIpc) is 3.10. The van der Waals surface area contributed by atoms with Gasteiger partial charge in [0.25, 0.3) is 0 Å². The van der Waals surface area contributed by atoms with Crippen LogP contribution < -0.4 is 10.2 Å². The van der Waals surface area contributed by atoms with Gasteiger partial charge in [0.1, 0.15) is 0 Å². The zero-order chi connectivity index (χ0) is 16.1. The summed E-state index contributed by atoms with van der Waals surface area (Å²) in [5, 5.41) is 12.9. The predicted molar refractivity (Wildman–Crippen MR) is 91.1 cm³/mol. The van der Waals surface area contributed by atoms with E-state index in [2.05, 4.69) is 20.2 Å². The third-order valence-corrected chi connectivity index (χ3v) is 4.20. The molecular formula is C18H24N4O. The first-order chi connectivity index (χ1) is 11.2. The second-order valence-corrected chi connectivity index (χ2v) is 6.11. The third-order valence-electron chi connectivity index (χ3n) is 4.20. The van der Waals surface area contributed by atoms with Gasteiger partial charge in [-0.25, -0.2) is 9.97 Å². The molecule has 1 aromatic heterocycles. The van der Waals surface area contributed by atoms with Crippen LogP contribution in [0.3, 0.4) is 0 Å². The zero-order valence-corrected chi connectivity index (χ0v) is 13.6. The minimum Gasteiger partial charge on any atom is -0.389 e. The third kappa shape index (κ3) is 4.27. The van der Waals surface area contributed by atoms with Crippen molar-refractivity contribution in [3.8, 4) is 0 Å². The van der Waals surface area contributed by atoms with Crippen molar-refractivity contribution in [3.63, 3.8) is 0 Å². The van der Waals surface area contributed by atoms with Crippen molar-refractivity contribution in [2.75, 3.05) is 18.0 Å². The topological polar surface area (TPSA) is 61.3 Å². The Morgan fingerprint density at radius 2 is 1.65 bits per heavy atom. The first-order valence-electron chi connectivity index (χ1n) is 8.26. The molecular weight excluding hydrogens is 288 g/mol. The molecule has 0 radical (unpaired) electrons. The lowest BCUT2D eigenvalue weighted by atomic mass is 10.1. The monoisotopic (exact) mass is 312 g/mol. The van der Waals surface area contributed by atoms with Gasteiger partial charge in [-0.05, 0) is 30.9 Å². The van der Waals surface area contributed by atoms with E-state index < -0.39 is 6.10 Å². The highest BCUT2D eigenvalue weighted by Gasteiger charge is 2.14. The van der Waals surface area contributed by atoms with Crippen LogP contribution in [0.2, 0.25) is 0 Å². The fourth-order valence-corrected chi connectivity index (χ4v) is 2.78. The molecule has 23 heavy (non-hydrogen) atoms. The molecule has 0 unspecified atom stereocenters. The molecule has 0 amide bonds. The van der Waals surface area contributed by atoms with Gasteiger partial charge in [0, 0.05) is 44.1 Å². The number of hydrogen-bond donors (Lipinski definition) is 2. The van der Waals surface area contributed by atoms with Gasteiger partial charge in [0.15, 0.2) is 0 Å². The molecule has 0 bridgehead atoms. The van der Waals surface area contributed by atoms with Crippen LogP contribution in [0.4, 0.5) is 5.95 Å². The van der Waals surface area contributed by atoms with Crippen LogP contribution in [0.1, 0.15) is 42.6 Å². The molecule has 122 valence electrons. The summed E-state index contributed by atoms with van der Waals surface area (Å²) in [6, 6.07) is 8.02. The van der Waals surface area contributed by atoms with Crippen molar-refractivity contribution in [2.45, 2.75) is 39.0 Å². The Morgan fingerprint density at radius 3 is 2.26 bits per heavy atom. The second kappa shape index (κ2) is 7.53. The maximum absolute atomic E-state index is 9.51. The van der Waals surface area contributed by atoms with Crippen LogP contribution >= 0.6 is 0 Å². The Labute approximate surface area is 137 Å². The highest BCUT2D eigenvalue weighted by molar-refractivity contribution is 5.31. The lowest BCUT2D eigenvalue weighted by Crippen LogP contribution is -2.20. The summed E-state index contributed by atoms with van der Waals surface area (Å²) < 4.78 is 0. The Balaban J connectivity index is 1.48. The molecule has 1 fully saturated rings. The number of benzene rings is 1. The first kappa shape index (κ1) is 15.9. The lowest BCUT2D eigenvalue weighted by Gasteiger charge is -2.14. The summed E-state index contributed by atoms with van der Waals surface area (Å²) in [5.41, 5.74) is 3.23. The number of nitrogens with zero attached hydrogens (tertiary/aromatic N) is 3. The number of aliphatic hydroxyl groups is 1. The van der Waals surface area contributed by atoms with E-state index >= 15 is 0 Å². The number of aliphatic hydroxyl groups excluding tert-OH is 1. The molecule has 2 heterocycles.